The number of fused-ring (bicyclic) bond motifs is 4. The Bertz CT molecular complexity index is 1680. The molecule has 2 aromatic carbocycles. The summed E-state index contributed by atoms with van der Waals surface area (Å²) in [6.45, 7) is 7.76. The SMILES string of the molecule is COc1cc(-c2c3oc4c(O)c(=O)ccc4c3[nH]c3c2c(=O)[nH]n3C(C)C)ccc1OC(C)C. The molecule has 0 radical (unpaired) electrons. The summed E-state index contributed by atoms with van der Waals surface area (Å²) in [6, 6.07) is 8.24. The maximum atomic E-state index is 13.2. The fraction of sp³-hybridized carbons (Fsp3) is 0.280. The highest BCUT2D eigenvalue weighted by atomic mass is 16.5. The number of aromatic hydroxyl groups is 1. The predicted molar refractivity (Wildman–Crippen MR) is 130 cm³/mol. The fourth-order valence-electron chi connectivity index (χ4n) is 4.30. The lowest BCUT2D eigenvalue weighted by Crippen LogP contribution is -2.08. The molecule has 3 N–H and O–H groups in total. The molecule has 5 rings (SSSR count). The molecule has 3 aromatic heterocycles. The maximum absolute atomic E-state index is 13.2. The minimum absolute atomic E-state index is 0.0390. The van der Waals surface area contributed by atoms with Gasteiger partial charge in [0.15, 0.2) is 22.7 Å². The van der Waals surface area contributed by atoms with Crippen LogP contribution in [0.5, 0.6) is 17.2 Å². The van der Waals surface area contributed by atoms with Crippen molar-refractivity contribution in [3.05, 3.63) is 50.9 Å². The van der Waals surface area contributed by atoms with Gasteiger partial charge in [-0.3, -0.25) is 19.4 Å². The van der Waals surface area contributed by atoms with Gasteiger partial charge in [-0.25, -0.2) is 0 Å². The van der Waals surface area contributed by atoms with Crippen molar-refractivity contribution in [3.63, 3.8) is 0 Å². The standard InChI is InChI=1S/C25H25N3O6/c1-11(2)28-24-19(25(31)27-28)18(13-6-9-16(33-12(3)4)17(10-13)32-5)23-20(26-24)14-7-8-15(29)21(30)22(14)34-23/h6-12,26,30H,1-5H3,(H,27,31). The molecule has 0 saturated carbocycles. The van der Waals surface area contributed by atoms with Crippen LogP contribution in [0, 0.1) is 0 Å². The topological polar surface area (TPSA) is 122 Å². The summed E-state index contributed by atoms with van der Waals surface area (Å²) >= 11 is 0. The van der Waals surface area contributed by atoms with Crippen LogP contribution in [0.3, 0.4) is 0 Å². The zero-order chi connectivity index (χ0) is 24.3. The van der Waals surface area contributed by atoms with Crippen molar-refractivity contribution in [3.8, 4) is 28.4 Å². The number of ether oxygens (including phenoxy) is 2. The number of rotatable bonds is 5. The Morgan fingerprint density at radius 1 is 1.03 bits per heavy atom. The number of benzene rings is 2. The molecule has 0 amide bonds. The number of aromatic nitrogens is 3. The first-order valence-electron chi connectivity index (χ1n) is 11.0. The highest BCUT2D eigenvalue weighted by Crippen LogP contribution is 2.42. The first-order valence-corrected chi connectivity index (χ1v) is 11.0. The Balaban J connectivity index is 1.95. The summed E-state index contributed by atoms with van der Waals surface area (Å²) in [6.07, 6.45) is -0.0490. The third kappa shape index (κ3) is 3.15. The molecule has 5 aromatic rings. The van der Waals surface area contributed by atoms with Crippen LogP contribution < -0.4 is 20.5 Å². The number of H-pyrrole nitrogens is 2. The van der Waals surface area contributed by atoms with Gasteiger partial charge in [-0.05, 0) is 57.5 Å². The molecule has 0 aliphatic carbocycles. The largest absolute Gasteiger partial charge is 0.502 e. The Labute approximate surface area is 193 Å². The molecule has 0 saturated heterocycles. The van der Waals surface area contributed by atoms with Crippen molar-refractivity contribution in [2.45, 2.75) is 39.8 Å². The lowest BCUT2D eigenvalue weighted by Gasteiger charge is -2.15. The Hall–Kier alpha value is -4.14. The number of phenolic OH excluding ortho intramolecular Hbond substituents is 1. The van der Waals surface area contributed by atoms with Gasteiger partial charge in [0.2, 0.25) is 11.2 Å². The number of furan rings is 1. The van der Waals surface area contributed by atoms with Crippen LogP contribution in [-0.2, 0) is 0 Å². The summed E-state index contributed by atoms with van der Waals surface area (Å²) in [5.41, 5.74) is 1.86. The number of phenols is 1. The Morgan fingerprint density at radius 3 is 2.47 bits per heavy atom. The van der Waals surface area contributed by atoms with Gasteiger partial charge in [0, 0.05) is 17.0 Å². The van der Waals surface area contributed by atoms with Crippen molar-refractivity contribution in [2.75, 3.05) is 7.11 Å². The maximum Gasteiger partial charge on any atom is 0.274 e. The molecule has 3 heterocycles. The minimum Gasteiger partial charge on any atom is -0.502 e. The van der Waals surface area contributed by atoms with E-state index in [-0.39, 0.29) is 23.3 Å². The minimum atomic E-state index is -0.543. The highest BCUT2D eigenvalue weighted by Gasteiger charge is 2.24. The third-order valence-electron chi connectivity index (χ3n) is 5.77. The average molecular weight is 463 g/mol. The number of nitrogens with one attached hydrogen (secondary N) is 2. The molecule has 9 heteroatoms. The van der Waals surface area contributed by atoms with Crippen LogP contribution in [0.25, 0.3) is 44.2 Å². The molecule has 0 bridgehead atoms. The summed E-state index contributed by atoms with van der Waals surface area (Å²) in [5.74, 6) is 0.598. The molecule has 0 spiro atoms. The smallest absolute Gasteiger partial charge is 0.274 e. The van der Waals surface area contributed by atoms with E-state index in [0.717, 1.165) is 0 Å². The molecule has 176 valence electrons. The van der Waals surface area contributed by atoms with E-state index in [1.807, 2.05) is 33.8 Å². The Morgan fingerprint density at radius 2 is 1.79 bits per heavy atom. The molecular weight excluding hydrogens is 438 g/mol. The molecular formula is C25H25N3O6. The number of aromatic amines is 2. The molecule has 0 unspecified atom stereocenters. The molecule has 0 fully saturated rings. The third-order valence-corrected chi connectivity index (χ3v) is 5.77. The summed E-state index contributed by atoms with van der Waals surface area (Å²) < 4.78 is 19.2. The van der Waals surface area contributed by atoms with E-state index in [1.54, 1.807) is 30.0 Å². The molecule has 0 aliphatic heterocycles. The van der Waals surface area contributed by atoms with Gasteiger partial charge in [-0.1, -0.05) is 6.07 Å². The van der Waals surface area contributed by atoms with E-state index >= 15 is 0 Å². The van der Waals surface area contributed by atoms with Crippen LogP contribution in [0.15, 0.2) is 44.3 Å². The van der Waals surface area contributed by atoms with Crippen molar-refractivity contribution in [1.29, 1.82) is 0 Å². The van der Waals surface area contributed by atoms with Crippen LogP contribution >= 0.6 is 0 Å². The van der Waals surface area contributed by atoms with Gasteiger partial charge >= 0.3 is 0 Å². The number of hydrogen-bond acceptors (Lipinski definition) is 6. The van der Waals surface area contributed by atoms with E-state index in [0.29, 0.717) is 50.1 Å². The van der Waals surface area contributed by atoms with Crippen molar-refractivity contribution in [1.82, 2.24) is 14.8 Å². The second kappa shape index (κ2) is 7.72. The van der Waals surface area contributed by atoms with E-state index in [1.165, 1.54) is 6.07 Å². The lowest BCUT2D eigenvalue weighted by atomic mass is 10.0. The Kier molecular flexibility index (Phi) is 4.93. The van der Waals surface area contributed by atoms with Gasteiger partial charge in [0.05, 0.1) is 24.1 Å². The summed E-state index contributed by atoms with van der Waals surface area (Å²) in [4.78, 5) is 28.5. The van der Waals surface area contributed by atoms with Crippen LogP contribution in [-0.4, -0.2) is 33.1 Å². The molecule has 0 atom stereocenters. The average Bonchev–Trinajstić information content (AvgIpc) is 3.33. The number of methoxy groups -OCH3 is 1. The lowest BCUT2D eigenvalue weighted by molar-refractivity contribution is 0.230. The second-order valence-corrected chi connectivity index (χ2v) is 8.76. The van der Waals surface area contributed by atoms with Gasteiger partial charge in [0.1, 0.15) is 5.65 Å². The normalized spacial score (nSPS) is 12.0. The molecule has 0 aliphatic rings. The number of hydrogen-bond donors (Lipinski definition) is 3. The van der Waals surface area contributed by atoms with Gasteiger partial charge in [0.25, 0.3) is 5.56 Å². The number of nitrogens with zero attached hydrogens (tertiary/aromatic N) is 1. The highest BCUT2D eigenvalue weighted by molar-refractivity contribution is 6.15. The molecule has 9 nitrogen and oxygen atoms in total. The zero-order valence-electron chi connectivity index (χ0n) is 19.5. The fourth-order valence-corrected chi connectivity index (χ4v) is 4.30. The summed E-state index contributed by atoms with van der Waals surface area (Å²) in [5, 5.41) is 14.2. The quantitative estimate of drug-likeness (QED) is 0.348. The second-order valence-electron chi connectivity index (χ2n) is 8.76. The van der Waals surface area contributed by atoms with Crippen molar-refractivity contribution >= 4 is 33.1 Å². The van der Waals surface area contributed by atoms with Crippen LogP contribution in [0.1, 0.15) is 33.7 Å². The first kappa shape index (κ1) is 21.7. The zero-order valence-corrected chi connectivity index (χ0v) is 19.5. The summed E-state index contributed by atoms with van der Waals surface area (Å²) in [7, 11) is 1.55. The van der Waals surface area contributed by atoms with E-state index in [4.69, 9.17) is 13.9 Å². The van der Waals surface area contributed by atoms with Crippen molar-refractivity contribution < 1.29 is 19.0 Å². The van der Waals surface area contributed by atoms with Gasteiger partial charge in [-0.15, -0.1) is 0 Å². The van der Waals surface area contributed by atoms with Crippen LogP contribution in [0.4, 0.5) is 0 Å². The number of pyridine rings is 1. The van der Waals surface area contributed by atoms with E-state index in [2.05, 4.69) is 10.1 Å². The monoisotopic (exact) mass is 463 g/mol. The van der Waals surface area contributed by atoms with Gasteiger partial charge < -0.3 is 24.0 Å². The van der Waals surface area contributed by atoms with Crippen LogP contribution in [0.2, 0.25) is 0 Å². The van der Waals surface area contributed by atoms with E-state index in [9.17, 15) is 14.7 Å². The van der Waals surface area contributed by atoms with Gasteiger partial charge in [-0.2, -0.15) is 0 Å². The van der Waals surface area contributed by atoms with E-state index < -0.39 is 11.2 Å². The van der Waals surface area contributed by atoms with Crippen molar-refractivity contribution in [2.24, 2.45) is 0 Å². The first-order chi connectivity index (χ1) is 16.2. The molecule has 34 heavy (non-hydrogen) atoms. The predicted octanol–water partition coefficient (Wildman–Crippen LogP) is 4.67.